The van der Waals surface area contributed by atoms with Gasteiger partial charge in [0.2, 0.25) is 5.95 Å². The number of rotatable bonds is 8. The molecule has 4 nitrogen and oxygen atoms in total. The molecule has 0 spiro atoms. The lowest BCUT2D eigenvalue weighted by Gasteiger charge is -2.37. The van der Waals surface area contributed by atoms with Crippen molar-refractivity contribution in [1.82, 2.24) is 9.97 Å². The Labute approximate surface area is 235 Å². The van der Waals surface area contributed by atoms with Gasteiger partial charge in [-0.25, -0.2) is 4.98 Å². The van der Waals surface area contributed by atoms with Crippen LogP contribution in [0.25, 0.3) is 21.5 Å². The highest BCUT2D eigenvalue weighted by Crippen LogP contribution is 2.48. The van der Waals surface area contributed by atoms with Crippen LogP contribution in [0, 0.1) is 0 Å². The molecule has 1 aliphatic carbocycles. The first kappa shape index (κ1) is 24.3. The Morgan fingerprint density at radius 3 is 1.77 bits per heavy atom. The van der Waals surface area contributed by atoms with E-state index in [1.807, 2.05) is 0 Å². The molecule has 1 fully saturated rings. The number of hydrogen-bond donors (Lipinski definition) is 2. The quantitative estimate of drug-likeness (QED) is 0.211. The standard InChI is InChI=1S/C36H32N4/c1-2-10-27(11-3-1)32-20-21-33(32)34-22-35(37-23-28-16-8-14-25-12-4-6-18-30(25)28)40-36(39-34)38-24-29-17-9-15-26-13-5-7-19-31(26)29/h1-19,22,32-33H,20-21,23-24H2,(H2,37,38,39,40). The fourth-order valence-corrected chi connectivity index (χ4v) is 6.03. The van der Waals surface area contributed by atoms with E-state index in [-0.39, 0.29) is 0 Å². The number of benzene rings is 5. The molecule has 2 atom stereocenters. The maximum Gasteiger partial charge on any atom is 0.225 e. The molecule has 1 aromatic heterocycles. The highest BCUT2D eigenvalue weighted by molar-refractivity contribution is 5.86. The molecule has 6 aromatic rings. The third-order valence-electron chi connectivity index (χ3n) is 8.28. The second kappa shape index (κ2) is 10.8. The topological polar surface area (TPSA) is 49.8 Å². The monoisotopic (exact) mass is 520 g/mol. The average Bonchev–Trinajstić information content (AvgIpc) is 2.99. The van der Waals surface area contributed by atoms with Gasteiger partial charge in [-0.2, -0.15) is 4.98 Å². The smallest absolute Gasteiger partial charge is 0.225 e. The molecule has 0 bridgehead atoms. The van der Waals surface area contributed by atoms with E-state index < -0.39 is 0 Å². The van der Waals surface area contributed by atoms with Crippen LogP contribution in [0.5, 0.6) is 0 Å². The second-order valence-electron chi connectivity index (χ2n) is 10.7. The molecule has 0 saturated heterocycles. The Morgan fingerprint density at radius 1 is 0.550 bits per heavy atom. The predicted molar refractivity (Wildman–Crippen MR) is 166 cm³/mol. The lowest BCUT2D eigenvalue weighted by atomic mass is 9.68. The molecule has 196 valence electrons. The van der Waals surface area contributed by atoms with Crippen molar-refractivity contribution < 1.29 is 0 Å². The summed E-state index contributed by atoms with van der Waals surface area (Å²) in [5.74, 6) is 2.41. The zero-order valence-corrected chi connectivity index (χ0v) is 22.4. The average molecular weight is 521 g/mol. The molecule has 40 heavy (non-hydrogen) atoms. The molecule has 0 aliphatic heterocycles. The van der Waals surface area contributed by atoms with Crippen molar-refractivity contribution in [3.8, 4) is 0 Å². The Morgan fingerprint density at radius 2 is 1.12 bits per heavy atom. The van der Waals surface area contributed by atoms with Crippen LogP contribution >= 0.6 is 0 Å². The van der Waals surface area contributed by atoms with E-state index in [2.05, 4.69) is 132 Å². The van der Waals surface area contributed by atoms with Crippen LogP contribution in [0.2, 0.25) is 0 Å². The van der Waals surface area contributed by atoms with E-state index in [9.17, 15) is 0 Å². The maximum absolute atomic E-state index is 5.07. The molecule has 2 unspecified atom stereocenters. The minimum Gasteiger partial charge on any atom is -0.366 e. The fraction of sp³-hybridized carbons (Fsp3) is 0.167. The molecule has 7 rings (SSSR count). The van der Waals surface area contributed by atoms with Crippen LogP contribution in [-0.4, -0.2) is 9.97 Å². The van der Waals surface area contributed by atoms with E-state index in [0.717, 1.165) is 17.9 Å². The van der Waals surface area contributed by atoms with E-state index in [4.69, 9.17) is 9.97 Å². The van der Waals surface area contributed by atoms with Crippen LogP contribution in [0.15, 0.2) is 121 Å². The van der Waals surface area contributed by atoms with Crippen LogP contribution in [0.3, 0.4) is 0 Å². The van der Waals surface area contributed by atoms with Gasteiger partial charge in [0.25, 0.3) is 0 Å². The summed E-state index contributed by atoms with van der Waals surface area (Å²) in [4.78, 5) is 10.00. The molecular weight excluding hydrogens is 488 g/mol. The highest BCUT2D eigenvalue weighted by atomic mass is 15.1. The van der Waals surface area contributed by atoms with Gasteiger partial charge in [0.05, 0.1) is 5.69 Å². The van der Waals surface area contributed by atoms with Gasteiger partial charge in [0.1, 0.15) is 5.82 Å². The van der Waals surface area contributed by atoms with E-state index in [0.29, 0.717) is 30.9 Å². The largest absolute Gasteiger partial charge is 0.366 e. The zero-order chi connectivity index (χ0) is 26.7. The number of fused-ring (bicyclic) bond motifs is 2. The van der Waals surface area contributed by atoms with Gasteiger partial charge < -0.3 is 10.6 Å². The molecule has 1 aliphatic rings. The number of anilines is 2. The Balaban J connectivity index is 1.19. The van der Waals surface area contributed by atoms with Crippen LogP contribution in [-0.2, 0) is 13.1 Å². The van der Waals surface area contributed by atoms with Crippen LogP contribution in [0.1, 0.15) is 47.1 Å². The Bertz CT molecular complexity index is 1670. The van der Waals surface area contributed by atoms with Gasteiger partial charge in [-0.1, -0.05) is 115 Å². The molecular formula is C36H32N4. The van der Waals surface area contributed by atoms with Crippen molar-refractivity contribution in [3.63, 3.8) is 0 Å². The fourth-order valence-electron chi connectivity index (χ4n) is 6.03. The van der Waals surface area contributed by atoms with Gasteiger partial charge in [0.15, 0.2) is 0 Å². The Kier molecular flexibility index (Phi) is 6.58. The zero-order valence-electron chi connectivity index (χ0n) is 22.4. The van der Waals surface area contributed by atoms with E-state index in [1.54, 1.807) is 0 Å². The van der Waals surface area contributed by atoms with Gasteiger partial charge in [-0.05, 0) is 57.0 Å². The first-order valence-electron chi connectivity index (χ1n) is 14.2. The minimum atomic E-state index is 0.390. The molecule has 2 N–H and O–H groups in total. The van der Waals surface area contributed by atoms with Crippen molar-refractivity contribution in [3.05, 3.63) is 144 Å². The van der Waals surface area contributed by atoms with Gasteiger partial charge >= 0.3 is 0 Å². The van der Waals surface area contributed by atoms with Gasteiger partial charge in [-0.3, -0.25) is 0 Å². The summed E-state index contributed by atoms with van der Waals surface area (Å²) >= 11 is 0. The highest BCUT2D eigenvalue weighted by Gasteiger charge is 2.34. The van der Waals surface area contributed by atoms with Gasteiger partial charge in [-0.15, -0.1) is 0 Å². The first-order chi connectivity index (χ1) is 19.8. The summed E-state index contributed by atoms with van der Waals surface area (Å²) in [5, 5.41) is 12.2. The van der Waals surface area contributed by atoms with Crippen molar-refractivity contribution in [2.45, 2.75) is 37.8 Å². The van der Waals surface area contributed by atoms with Gasteiger partial charge in [0, 0.05) is 25.1 Å². The second-order valence-corrected chi connectivity index (χ2v) is 10.7. The summed E-state index contributed by atoms with van der Waals surface area (Å²) in [5.41, 5.74) is 5.00. The molecule has 0 amide bonds. The van der Waals surface area contributed by atoms with E-state index >= 15 is 0 Å². The predicted octanol–water partition coefficient (Wildman–Crippen LogP) is 8.67. The molecule has 4 heteroatoms. The third-order valence-corrected chi connectivity index (χ3v) is 8.28. The normalized spacial score (nSPS) is 16.5. The number of aromatic nitrogens is 2. The molecule has 1 saturated carbocycles. The summed E-state index contributed by atoms with van der Waals surface area (Å²) in [7, 11) is 0. The first-order valence-corrected chi connectivity index (χ1v) is 14.2. The van der Waals surface area contributed by atoms with Crippen molar-refractivity contribution >= 4 is 33.3 Å². The summed E-state index contributed by atoms with van der Waals surface area (Å²) in [6.45, 7) is 1.37. The van der Waals surface area contributed by atoms with Crippen molar-refractivity contribution in [2.24, 2.45) is 0 Å². The van der Waals surface area contributed by atoms with Crippen molar-refractivity contribution in [1.29, 1.82) is 0 Å². The Hall–Kier alpha value is -4.70. The number of nitrogens with one attached hydrogen (secondary N) is 2. The number of nitrogens with zero attached hydrogens (tertiary/aromatic N) is 2. The SMILES string of the molecule is c1ccc(C2CCC2c2cc(NCc3cccc4ccccc34)nc(NCc3cccc4ccccc34)n2)cc1. The van der Waals surface area contributed by atoms with E-state index in [1.165, 1.54) is 44.7 Å². The summed E-state index contributed by atoms with van der Waals surface area (Å²) in [6, 6.07) is 43.0. The summed E-state index contributed by atoms with van der Waals surface area (Å²) < 4.78 is 0. The maximum atomic E-state index is 5.07. The molecule has 5 aromatic carbocycles. The van der Waals surface area contributed by atoms with Crippen molar-refractivity contribution in [2.75, 3.05) is 10.6 Å². The molecule has 1 heterocycles. The third kappa shape index (κ3) is 4.89. The van der Waals surface area contributed by atoms with Crippen LogP contribution in [0.4, 0.5) is 11.8 Å². The minimum absolute atomic E-state index is 0.390. The lowest BCUT2D eigenvalue weighted by Crippen LogP contribution is -2.23. The number of hydrogen-bond acceptors (Lipinski definition) is 4. The van der Waals surface area contributed by atoms with Crippen LogP contribution < -0.4 is 10.6 Å². The summed E-state index contributed by atoms with van der Waals surface area (Å²) in [6.07, 6.45) is 2.33. The lowest BCUT2D eigenvalue weighted by molar-refractivity contribution is 0.340. The molecule has 0 radical (unpaired) electrons.